The van der Waals surface area contributed by atoms with Gasteiger partial charge in [0.15, 0.2) is 6.61 Å². The Morgan fingerprint density at radius 1 is 1.22 bits per heavy atom. The molecule has 3 aromatic rings. The first-order chi connectivity index (χ1) is 13.1. The molecule has 1 aromatic carbocycles. The van der Waals surface area contributed by atoms with E-state index in [1.54, 1.807) is 18.2 Å². The van der Waals surface area contributed by atoms with Gasteiger partial charge in [-0.15, -0.1) is 21.5 Å². The van der Waals surface area contributed by atoms with E-state index in [1.807, 2.05) is 17.5 Å². The van der Waals surface area contributed by atoms with Crippen LogP contribution in [0.5, 0.6) is 0 Å². The summed E-state index contributed by atoms with van der Waals surface area (Å²) in [5.41, 5.74) is 0. The summed E-state index contributed by atoms with van der Waals surface area (Å²) < 4.78 is 37.0. The molecule has 0 unspecified atom stereocenters. The van der Waals surface area contributed by atoms with Crippen LogP contribution in [-0.4, -0.2) is 41.5 Å². The number of nitrogens with zero attached hydrogens (tertiary/aromatic N) is 3. The predicted molar refractivity (Wildman–Crippen MR) is 96.1 cm³/mol. The summed E-state index contributed by atoms with van der Waals surface area (Å²) in [6.07, 6.45) is 0.412. The predicted octanol–water partition coefficient (Wildman–Crippen LogP) is 2.30. The molecule has 1 aliphatic rings. The number of rotatable bonds is 6. The molecule has 1 saturated heterocycles. The van der Waals surface area contributed by atoms with E-state index in [-0.39, 0.29) is 23.9 Å². The molecule has 0 radical (unpaired) electrons. The molecular weight excluding hydrogens is 390 g/mol. The molecule has 0 bridgehead atoms. The molecule has 140 valence electrons. The van der Waals surface area contributed by atoms with Gasteiger partial charge in [0, 0.05) is 6.54 Å². The third kappa shape index (κ3) is 3.51. The molecule has 0 spiro atoms. The minimum absolute atomic E-state index is 0.153. The zero-order valence-electron chi connectivity index (χ0n) is 14.0. The van der Waals surface area contributed by atoms with Gasteiger partial charge in [0.1, 0.15) is 6.04 Å². The summed E-state index contributed by atoms with van der Waals surface area (Å²) in [4.78, 5) is 13.3. The Balaban J connectivity index is 1.39. The number of thiophene rings is 1. The van der Waals surface area contributed by atoms with E-state index >= 15 is 0 Å². The highest BCUT2D eigenvalue weighted by molar-refractivity contribution is 7.89. The number of ether oxygens (including phenoxy) is 1. The maximum Gasteiger partial charge on any atom is 0.325 e. The average Bonchev–Trinajstić information content (AvgIpc) is 3.31. The number of benzene rings is 1. The summed E-state index contributed by atoms with van der Waals surface area (Å²) in [7, 11) is -3.72. The molecule has 1 aliphatic heterocycles. The van der Waals surface area contributed by atoms with Crippen molar-refractivity contribution in [2.75, 3.05) is 6.54 Å². The maximum absolute atomic E-state index is 12.6. The van der Waals surface area contributed by atoms with Crippen molar-refractivity contribution in [3.05, 3.63) is 53.7 Å². The first-order valence-electron chi connectivity index (χ1n) is 8.15. The van der Waals surface area contributed by atoms with Gasteiger partial charge in [-0.25, -0.2) is 8.42 Å². The zero-order valence-corrected chi connectivity index (χ0v) is 15.6. The van der Waals surface area contributed by atoms with Gasteiger partial charge in [-0.1, -0.05) is 24.3 Å². The van der Waals surface area contributed by atoms with E-state index in [0.717, 1.165) is 9.18 Å². The molecule has 1 fully saturated rings. The summed E-state index contributed by atoms with van der Waals surface area (Å²) in [6, 6.07) is 10.9. The molecule has 0 N–H and O–H groups in total. The lowest BCUT2D eigenvalue weighted by Crippen LogP contribution is -2.55. The number of hydrogen-bond donors (Lipinski definition) is 0. The standard InChI is InChI=1S/C17H15N3O5S2/c21-17(24-11-15-18-19-16(25-15)14-7-4-10-26-14)13-8-9-20(13)27(22,23)12-5-2-1-3-6-12/h1-7,10,13H,8-9,11H2/t13-/m1/s1. The molecule has 4 rings (SSSR count). The van der Waals surface area contributed by atoms with E-state index < -0.39 is 22.0 Å². The van der Waals surface area contributed by atoms with Gasteiger partial charge in [0.2, 0.25) is 10.0 Å². The second-order valence-corrected chi connectivity index (χ2v) is 8.66. The lowest BCUT2D eigenvalue weighted by atomic mass is 10.1. The van der Waals surface area contributed by atoms with Crippen LogP contribution in [0.2, 0.25) is 0 Å². The van der Waals surface area contributed by atoms with E-state index in [0.29, 0.717) is 12.3 Å². The Bertz CT molecular complexity index is 1030. The van der Waals surface area contributed by atoms with Crippen LogP contribution in [0.25, 0.3) is 10.8 Å². The van der Waals surface area contributed by atoms with E-state index in [2.05, 4.69) is 10.2 Å². The summed E-state index contributed by atoms with van der Waals surface area (Å²) in [5.74, 6) is -0.117. The molecule has 0 amide bonds. The topological polar surface area (TPSA) is 103 Å². The molecule has 10 heteroatoms. The van der Waals surface area contributed by atoms with Gasteiger partial charge in [-0.3, -0.25) is 4.79 Å². The van der Waals surface area contributed by atoms with E-state index in [1.165, 1.54) is 23.5 Å². The fraction of sp³-hybridized carbons (Fsp3) is 0.235. The van der Waals surface area contributed by atoms with Crippen LogP contribution >= 0.6 is 11.3 Å². The average molecular weight is 405 g/mol. The van der Waals surface area contributed by atoms with Crippen molar-refractivity contribution in [3.63, 3.8) is 0 Å². The molecule has 0 saturated carbocycles. The minimum atomic E-state index is -3.72. The highest BCUT2D eigenvalue weighted by Crippen LogP contribution is 2.28. The monoisotopic (exact) mass is 405 g/mol. The lowest BCUT2D eigenvalue weighted by Gasteiger charge is -2.37. The zero-order chi connectivity index (χ0) is 18.9. The molecule has 2 aromatic heterocycles. The van der Waals surface area contributed by atoms with Gasteiger partial charge in [0.05, 0.1) is 9.77 Å². The highest BCUT2D eigenvalue weighted by Gasteiger charge is 2.43. The number of sulfonamides is 1. The maximum atomic E-state index is 12.6. The van der Waals surface area contributed by atoms with Crippen molar-refractivity contribution in [2.45, 2.75) is 24.0 Å². The first-order valence-corrected chi connectivity index (χ1v) is 10.5. The number of aromatic nitrogens is 2. The van der Waals surface area contributed by atoms with Gasteiger partial charge in [-0.05, 0) is 30.0 Å². The Hall–Kier alpha value is -2.56. The Labute approximate surface area is 159 Å². The molecule has 1 atom stereocenters. The molecule has 8 nitrogen and oxygen atoms in total. The molecule has 0 aliphatic carbocycles. The van der Waals surface area contributed by atoms with Crippen molar-refractivity contribution in [3.8, 4) is 10.8 Å². The minimum Gasteiger partial charge on any atom is -0.454 e. The van der Waals surface area contributed by atoms with Crippen molar-refractivity contribution >= 4 is 27.3 Å². The van der Waals surface area contributed by atoms with Crippen LogP contribution in [0.4, 0.5) is 0 Å². The summed E-state index contributed by atoms with van der Waals surface area (Å²) in [5, 5.41) is 9.64. The van der Waals surface area contributed by atoms with E-state index in [4.69, 9.17) is 9.15 Å². The van der Waals surface area contributed by atoms with Gasteiger partial charge < -0.3 is 9.15 Å². The summed E-state index contributed by atoms with van der Waals surface area (Å²) >= 11 is 1.45. The number of esters is 1. The Morgan fingerprint density at radius 3 is 2.70 bits per heavy atom. The van der Waals surface area contributed by atoms with Crippen molar-refractivity contribution < 1.29 is 22.4 Å². The van der Waals surface area contributed by atoms with Crippen LogP contribution in [-0.2, 0) is 26.2 Å². The number of hydrogen-bond acceptors (Lipinski definition) is 8. The molecule has 3 heterocycles. The summed E-state index contributed by atoms with van der Waals surface area (Å²) in [6.45, 7) is 0.0764. The number of carbonyl (C=O) groups excluding carboxylic acids is 1. The van der Waals surface area contributed by atoms with Crippen LogP contribution < -0.4 is 0 Å². The molecular formula is C17H15N3O5S2. The number of carbonyl (C=O) groups is 1. The van der Waals surface area contributed by atoms with Gasteiger partial charge in [-0.2, -0.15) is 4.31 Å². The normalized spacial score (nSPS) is 17.4. The second-order valence-electron chi connectivity index (χ2n) is 5.82. The Morgan fingerprint density at radius 2 is 2.04 bits per heavy atom. The first kappa shape index (κ1) is 17.8. The smallest absolute Gasteiger partial charge is 0.325 e. The second kappa shape index (κ2) is 7.22. The van der Waals surface area contributed by atoms with Crippen LogP contribution in [0.15, 0.2) is 57.2 Å². The van der Waals surface area contributed by atoms with E-state index in [9.17, 15) is 13.2 Å². The lowest BCUT2D eigenvalue weighted by molar-refractivity contribution is -0.153. The van der Waals surface area contributed by atoms with Gasteiger partial charge >= 0.3 is 5.97 Å². The fourth-order valence-electron chi connectivity index (χ4n) is 2.66. The third-order valence-corrected chi connectivity index (χ3v) is 6.91. The van der Waals surface area contributed by atoms with Crippen LogP contribution in [0, 0.1) is 0 Å². The largest absolute Gasteiger partial charge is 0.454 e. The fourth-order valence-corrected chi connectivity index (χ4v) is 4.94. The van der Waals surface area contributed by atoms with Crippen LogP contribution in [0.3, 0.4) is 0 Å². The third-order valence-electron chi connectivity index (χ3n) is 4.13. The van der Waals surface area contributed by atoms with Crippen LogP contribution in [0.1, 0.15) is 12.3 Å². The quantitative estimate of drug-likeness (QED) is 0.580. The van der Waals surface area contributed by atoms with Gasteiger partial charge in [0.25, 0.3) is 11.8 Å². The molecule has 27 heavy (non-hydrogen) atoms. The Kier molecular flexibility index (Phi) is 4.77. The highest BCUT2D eigenvalue weighted by atomic mass is 32.2. The SMILES string of the molecule is O=C(OCc1nnc(-c2cccs2)o1)[C@H]1CCN1S(=O)(=O)c1ccccc1. The van der Waals surface area contributed by atoms with Crippen molar-refractivity contribution in [1.29, 1.82) is 0 Å². The van der Waals surface area contributed by atoms with Crippen molar-refractivity contribution in [2.24, 2.45) is 0 Å². The van der Waals surface area contributed by atoms with Crippen molar-refractivity contribution in [1.82, 2.24) is 14.5 Å².